The van der Waals surface area contributed by atoms with Crippen LogP contribution in [0.3, 0.4) is 0 Å². The van der Waals surface area contributed by atoms with Crippen molar-refractivity contribution in [3.05, 3.63) is 76.6 Å². The molecule has 1 heterocycles. The Morgan fingerprint density at radius 3 is 2.36 bits per heavy atom. The van der Waals surface area contributed by atoms with Gasteiger partial charge < -0.3 is 9.30 Å². The molecule has 144 valence electrons. The molecule has 0 fully saturated rings. The second-order valence-corrected chi connectivity index (χ2v) is 6.57. The Balaban J connectivity index is 2.34. The number of unbranched alkanes of at least 4 members (excludes halogenated alkanes) is 1. The number of nitrogens with zero attached hydrogens (tertiary/aromatic N) is 1. The van der Waals surface area contributed by atoms with Gasteiger partial charge in [0.25, 0.3) is 5.56 Å². The Morgan fingerprint density at radius 2 is 1.68 bits per heavy atom. The molecule has 3 aromatic rings. The van der Waals surface area contributed by atoms with Crippen LogP contribution in [0.2, 0.25) is 0 Å². The van der Waals surface area contributed by atoms with E-state index >= 15 is 0 Å². The maximum absolute atomic E-state index is 13.3. The molecule has 0 bridgehead atoms. The van der Waals surface area contributed by atoms with E-state index in [1.54, 1.807) is 13.0 Å². The summed E-state index contributed by atoms with van der Waals surface area (Å²) >= 11 is 0. The van der Waals surface area contributed by atoms with E-state index in [9.17, 15) is 9.59 Å². The Labute approximate surface area is 165 Å². The van der Waals surface area contributed by atoms with Crippen molar-refractivity contribution in [2.24, 2.45) is 0 Å². The summed E-state index contributed by atoms with van der Waals surface area (Å²) in [5.41, 5.74) is 2.63. The number of carbonyl (C=O) groups is 1. The molecule has 0 aliphatic rings. The minimum atomic E-state index is -0.392. The van der Waals surface area contributed by atoms with Gasteiger partial charge in [0.1, 0.15) is 0 Å². The largest absolute Gasteiger partial charge is 0.463 e. The third-order valence-corrected chi connectivity index (χ3v) is 4.67. The molecule has 0 amide bonds. The fourth-order valence-corrected chi connectivity index (χ4v) is 3.37. The van der Waals surface area contributed by atoms with Crippen LogP contribution in [-0.4, -0.2) is 17.1 Å². The third kappa shape index (κ3) is 4.06. The number of hydrogen-bond donors (Lipinski definition) is 0. The van der Waals surface area contributed by atoms with Gasteiger partial charge in [-0.3, -0.25) is 4.79 Å². The van der Waals surface area contributed by atoms with Crippen molar-refractivity contribution in [2.45, 2.75) is 33.2 Å². The van der Waals surface area contributed by atoms with Gasteiger partial charge in [-0.15, -0.1) is 0 Å². The zero-order valence-electron chi connectivity index (χ0n) is 16.4. The third-order valence-electron chi connectivity index (χ3n) is 4.67. The van der Waals surface area contributed by atoms with Gasteiger partial charge >= 0.3 is 5.97 Å². The predicted octanol–water partition coefficient (Wildman–Crippen LogP) is 5.04. The van der Waals surface area contributed by atoms with Gasteiger partial charge in [-0.05, 0) is 36.4 Å². The van der Waals surface area contributed by atoms with E-state index in [0.717, 1.165) is 35.0 Å². The van der Waals surface area contributed by atoms with Crippen molar-refractivity contribution < 1.29 is 9.53 Å². The average Bonchev–Trinajstić information content (AvgIpc) is 2.73. The number of pyridine rings is 1. The lowest BCUT2D eigenvalue weighted by molar-refractivity contribution is -0.137. The van der Waals surface area contributed by atoms with Crippen LogP contribution in [0.5, 0.6) is 0 Å². The molecule has 1 aromatic heterocycles. The first-order chi connectivity index (χ1) is 13.7. The number of carbonyl (C=O) groups excluding carboxylic acids is 1. The van der Waals surface area contributed by atoms with E-state index in [-0.39, 0.29) is 5.56 Å². The number of esters is 1. The van der Waals surface area contributed by atoms with Crippen molar-refractivity contribution in [2.75, 3.05) is 6.61 Å². The summed E-state index contributed by atoms with van der Waals surface area (Å²) in [6.07, 6.45) is 5.09. The molecule has 0 unspecified atom stereocenters. The molecule has 0 aliphatic carbocycles. The van der Waals surface area contributed by atoms with Crippen LogP contribution in [-0.2, 0) is 16.1 Å². The zero-order valence-corrected chi connectivity index (χ0v) is 16.4. The van der Waals surface area contributed by atoms with E-state index in [0.29, 0.717) is 18.5 Å². The molecule has 0 aliphatic heterocycles. The van der Waals surface area contributed by atoms with E-state index < -0.39 is 5.97 Å². The summed E-state index contributed by atoms with van der Waals surface area (Å²) in [7, 11) is 0. The van der Waals surface area contributed by atoms with Crippen LogP contribution < -0.4 is 5.56 Å². The maximum atomic E-state index is 13.3. The molecular formula is C24H25NO3. The van der Waals surface area contributed by atoms with Crippen molar-refractivity contribution in [3.8, 4) is 11.3 Å². The number of hydrogen-bond acceptors (Lipinski definition) is 3. The fraction of sp³-hybridized carbons (Fsp3) is 0.250. The fourth-order valence-electron chi connectivity index (χ4n) is 3.37. The van der Waals surface area contributed by atoms with E-state index in [4.69, 9.17) is 4.74 Å². The highest BCUT2D eigenvalue weighted by atomic mass is 16.5. The number of aromatic nitrogens is 1. The normalized spacial score (nSPS) is 11.2. The maximum Gasteiger partial charge on any atom is 0.330 e. The molecular weight excluding hydrogens is 350 g/mol. The molecule has 0 spiro atoms. The molecule has 0 N–H and O–H groups in total. The van der Waals surface area contributed by atoms with Crippen LogP contribution in [0.4, 0.5) is 0 Å². The number of fused-ring (bicyclic) bond motifs is 1. The minimum absolute atomic E-state index is 0.00353. The Hall–Kier alpha value is -3.14. The minimum Gasteiger partial charge on any atom is -0.463 e. The van der Waals surface area contributed by atoms with E-state index in [1.807, 2.05) is 59.2 Å². The molecule has 0 saturated carbocycles. The summed E-state index contributed by atoms with van der Waals surface area (Å²) in [6, 6.07) is 17.4. The van der Waals surface area contributed by atoms with Gasteiger partial charge in [0.15, 0.2) is 0 Å². The molecule has 0 atom stereocenters. The number of ether oxygens (including phenoxy) is 1. The zero-order chi connectivity index (χ0) is 19.9. The van der Waals surface area contributed by atoms with Crippen molar-refractivity contribution in [3.63, 3.8) is 0 Å². The topological polar surface area (TPSA) is 48.3 Å². The van der Waals surface area contributed by atoms with Crippen molar-refractivity contribution in [1.29, 1.82) is 0 Å². The van der Waals surface area contributed by atoms with Crippen molar-refractivity contribution in [1.82, 2.24) is 4.57 Å². The van der Waals surface area contributed by atoms with Gasteiger partial charge in [0.05, 0.1) is 12.3 Å². The summed E-state index contributed by atoms with van der Waals surface area (Å²) in [4.78, 5) is 25.2. The first-order valence-corrected chi connectivity index (χ1v) is 9.73. The summed E-state index contributed by atoms with van der Waals surface area (Å²) in [5.74, 6) is -0.392. The van der Waals surface area contributed by atoms with Crippen molar-refractivity contribution >= 4 is 22.8 Å². The highest BCUT2D eigenvalue weighted by Crippen LogP contribution is 2.30. The molecule has 4 heteroatoms. The first-order valence-electron chi connectivity index (χ1n) is 9.73. The lowest BCUT2D eigenvalue weighted by Crippen LogP contribution is -2.23. The van der Waals surface area contributed by atoms with Crippen LogP contribution in [0, 0.1) is 0 Å². The average molecular weight is 375 g/mol. The Kier molecular flexibility index (Phi) is 6.43. The van der Waals surface area contributed by atoms with Crippen LogP contribution in [0.25, 0.3) is 28.1 Å². The van der Waals surface area contributed by atoms with Gasteiger partial charge in [-0.1, -0.05) is 61.9 Å². The van der Waals surface area contributed by atoms with Crippen LogP contribution in [0.15, 0.2) is 65.5 Å². The van der Waals surface area contributed by atoms with Gasteiger partial charge in [-0.25, -0.2) is 4.79 Å². The van der Waals surface area contributed by atoms with Crippen LogP contribution in [0.1, 0.15) is 32.3 Å². The first kappa shape index (κ1) is 19.6. The van der Waals surface area contributed by atoms with Gasteiger partial charge in [0.2, 0.25) is 0 Å². The standard InChI is InChI=1S/C24H25NO3/c1-3-5-17-25-23(18-11-7-6-8-12-18)20(15-16-22(26)28-4-2)19-13-9-10-14-21(19)24(25)27/h6-16H,3-5,17H2,1-2H3/b16-15+. The van der Waals surface area contributed by atoms with E-state index in [2.05, 4.69) is 6.92 Å². The SMILES string of the molecule is CCCCn1c(-c2ccccc2)c(/C=C/C(=O)OCC)c2ccccc2c1=O. The molecule has 28 heavy (non-hydrogen) atoms. The summed E-state index contributed by atoms with van der Waals surface area (Å²) in [5, 5.41) is 1.49. The summed E-state index contributed by atoms with van der Waals surface area (Å²) < 4.78 is 6.89. The number of rotatable bonds is 7. The predicted molar refractivity (Wildman–Crippen MR) is 114 cm³/mol. The monoisotopic (exact) mass is 375 g/mol. The summed E-state index contributed by atoms with van der Waals surface area (Å²) in [6.45, 7) is 4.84. The molecule has 0 saturated heterocycles. The quantitative estimate of drug-likeness (QED) is 0.429. The molecule has 4 nitrogen and oxygen atoms in total. The van der Waals surface area contributed by atoms with Crippen LogP contribution >= 0.6 is 0 Å². The Bertz CT molecular complexity index is 1050. The molecule has 0 radical (unpaired) electrons. The smallest absolute Gasteiger partial charge is 0.330 e. The van der Waals surface area contributed by atoms with Gasteiger partial charge in [-0.2, -0.15) is 0 Å². The number of benzene rings is 2. The lowest BCUT2D eigenvalue weighted by Gasteiger charge is -2.18. The lowest BCUT2D eigenvalue weighted by atomic mass is 9.98. The highest BCUT2D eigenvalue weighted by Gasteiger charge is 2.16. The van der Waals surface area contributed by atoms with Gasteiger partial charge in [0, 0.05) is 23.6 Å². The molecule has 3 rings (SSSR count). The second-order valence-electron chi connectivity index (χ2n) is 6.57. The van der Waals surface area contributed by atoms with E-state index in [1.165, 1.54) is 6.08 Å². The highest BCUT2D eigenvalue weighted by molar-refractivity contribution is 5.98. The second kappa shape index (κ2) is 9.18. The molecule has 2 aromatic carbocycles. The Morgan fingerprint density at radius 1 is 1.00 bits per heavy atom.